The molecule has 0 spiro atoms. The summed E-state index contributed by atoms with van der Waals surface area (Å²) in [6.07, 6.45) is 0.877. The molecule has 0 saturated carbocycles. The SMILES string of the molecule is CCCC(CC(=O)O)NS(=O)(=O)Cc1ccc(F)cc1. The van der Waals surface area contributed by atoms with Gasteiger partial charge in [0.2, 0.25) is 10.0 Å². The number of benzene rings is 1. The Kier molecular flexibility index (Phi) is 6.09. The van der Waals surface area contributed by atoms with Crippen molar-refractivity contribution >= 4 is 16.0 Å². The number of sulfonamides is 1. The van der Waals surface area contributed by atoms with Gasteiger partial charge in [-0.15, -0.1) is 0 Å². The molecule has 1 aromatic carbocycles. The molecule has 0 heterocycles. The lowest BCUT2D eigenvalue weighted by atomic mass is 10.1. The molecule has 2 N–H and O–H groups in total. The van der Waals surface area contributed by atoms with Crippen LogP contribution in [0.2, 0.25) is 0 Å². The van der Waals surface area contributed by atoms with Gasteiger partial charge in [0.05, 0.1) is 12.2 Å². The summed E-state index contributed by atoms with van der Waals surface area (Å²) in [5.41, 5.74) is 0.449. The molecule has 0 saturated heterocycles. The Morgan fingerprint density at radius 2 is 1.95 bits per heavy atom. The zero-order valence-electron chi connectivity index (χ0n) is 11.2. The van der Waals surface area contributed by atoms with Gasteiger partial charge < -0.3 is 5.11 Å². The monoisotopic (exact) mass is 303 g/mol. The average molecular weight is 303 g/mol. The lowest BCUT2D eigenvalue weighted by molar-refractivity contribution is -0.137. The Morgan fingerprint density at radius 3 is 2.45 bits per heavy atom. The highest BCUT2D eigenvalue weighted by Crippen LogP contribution is 2.10. The van der Waals surface area contributed by atoms with Crippen LogP contribution in [0.15, 0.2) is 24.3 Å². The number of aliphatic carboxylic acids is 1. The molecule has 0 aliphatic rings. The van der Waals surface area contributed by atoms with Gasteiger partial charge in [0, 0.05) is 6.04 Å². The standard InChI is InChI=1S/C13H18FNO4S/c1-2-3-12(8-13(16)17)15-20(18,19)9-10-4-6-11(14)7-5-10/h4-7,12,15H,2-3,8-9H2,1H3,(H,16,17). The summed E-state index contributed by atoms with van der Waals surface area (Å²) in [7, 11) is -3.65. The maximum Gasteiger partial charge on any atom is 0.304 e. The van der Waals surface area contributed by atoms with E-state index in [4.69, 9.17) is 5.11 Å². The minimum atomic E-state index is -3.65. The Hall–Kier alpha value is -1.47. The second kappa shape index (κ2) is 7.35. The molecule has 0 radical (unpaired) electrons. The first-order valence-electron chi connectivity index (χ1n) is 6.28. The second-order valence-electron chi connectivity index (χ2n) is 4.59. The fraction of sp³-hybridized carbons (Fsp3) is 0.462. The van der Waals surface area contributed by atoms with Crippen LogP contribution in [-0.4, -0.2) is 25.5 Å². The zero-order chi connectivity index (χ0) is 15.2. The number of carboxylic acids is 1. The maximum atomic E-state index is 12.7. The maximum absolute atomic E-state index is 12.7. The van der Waals surface area contributed by atoms with E-state index in [1.54, 1.807) is 0 Å². The fourth-order valence-corrected chi connectivity index (χ4v) is 3.28. The van der Waals surface area contributed by atoms with Crippen molar-refractivity contribution in [2.75, 3.05) is 0 Å². The zero-order valence-corrected chi connectivity index (χ0v) is 12.0. The van der Waals surface area contributed by atoms with Crippen molar-refractivity contribution in [3.63, 3.8) is 0 Å². The van der Waals surface area contributed by atoms with Gasteiger partial charge in [0.1, 0.15) is 5.82 Å². The molecule has 1 aromatic rings. The summed E-state index contributed by atoms with van der Waals surface area (Å²) in [6.45, 7) is 1.85. The van der Waals surface area contributed by atoms with Gasteiger partial charge in [-0.2, -0.15) is 0 Å². The topological polar surface area (TPSA) is 83.5 Å². The Balaban J connectivity index is 2.71. The minimum Gasteiger partial charge on any atom is -0.481 e. The lowest BCUT2D eigenvalue weighted by Gasteiger charge is -2.16. The Labute approximate surface area is 117 Å². The quantitative estimate of drug-likeness (QED) is 0.768. The van der Waals surface area contributed by atoms with E-state index in [0.717, 1.165) is 0 Å². The fourth-order valence-electron chi connectivity index (χ4n) is 1.86. The van der Waals surface area contributed by atoms with Crippen LogP contribution in [0.1, 0.15) is 31.7 Å². The molecule has 0 aliphatic carbocycles. The van der Waals surface area contributed by atoms with Gasteiger partial charge in [-0.05, 0) is 24.1 Å². The van der Waals surface area contributed by atoms with Crippen molar-refractivity contribution < 1.29 is 22.7 Å². The largest absolute Gasteiger partial charge is 0.481 e. The van der Waals surface area contributed by atoms with Gasteiger partial charge in [-0.3, -0.25) is 4.79 Å². The van der Waals surface area contributed by atoms with Crippen molar-refractivity contribution in [3.8, 4) is 0 Å². The van der Waals surface area contributed by atoms with Gasteiger partial charge in [0.15, 0.2) is 0 Å². The number of carbonyl (C=O) groups is 1. The third-order valence-corrected chi connectivity index (χ3v) is 4.08. The number of hydrogen-bond acceptors (Lipinski definition) is 3. The van der Waals surface area contributed by atoms with Crippen LogP contribution in [-0.2, 0) is 20.6 Å². The number of hydrogen-bond donors (Lipinski definition) is 2. The van der Waals surface area contributed by atoms with Crippen molar-refractivity contribution in [2.24, 2.45) is 0 Å². The molecule has 1 unspecified atom stereocenters. The first-order valence-corrected chi connectivity index (χ1v) is 7.94. The summed E-state index contributed by atoms with van der Waals surface area (Å²) in [5.74, 6) is -1.78. The summed E-state index contributed by atoms with van der Waals surface area (Å²) in [6, 6.07) is 4.53. The van der Waals surface area contributed by atoms with E-state index in [-0.39, 0.29) is 12.2 Å². The smallest absolute Gasteiger partial charge is 0.304 e. The van der Waals surface area contributed by atoms with Crippen LogP contribution in [0.25, 0.3) is 0 Å². The molecule has 5 nitrogen and oxygen atoms in total. The normalized spacial score (nSPS) is 13.1. The van der Waals surface area contributed by atoms with E-state index in [1.165, 1.54) is 24.3 Å². The molecule has 0 bridgehead atoms. The number of rotatable bonds is 8. The van der Waals surface area contributed by atoms with Crippen LogP contribution >= 0.6 is 0 Å². The first-order chi connectivity index (χ1) is 9.32. The first kappa shape index (κ1) is 16.6. The number of halogens is 1. The Bertz CT molecular complexity index is 542. The Morgan fingerprint density at radius 1 is 1.35 bits per heavy atom. The predicted molar refractivity (Wildman–Crippen MR) is 73.1 cm³/mol. The molecular formula is C13H18FNO4S. The van der Waals surface area contributed by atoms with Crippen molar-refractivity contribution in [1.82, 2.24) is 4.72 Å². The van der Waals surface area contributed by atoms with Crippen LogP contribution in [0, 0.1) is 5.82 Å². The molecule has 0 aliphatic heterocycles. The van der Waals surface area contributed by atoms with E-state index >= 15 is 0 Å². The lowest BCUT2D eigenvalue weighted by Crippen LogP contribution is -2.37. The second-order valence-corrected chi connectivity index (χ2v) is 6.34. The number of carboxylic acid groups (broad SMARTS) is 1. The van der Waals surface area contributed by atoms with Crippen LogP contribution in [0.4, 0.5) is 4.39 Å². The molecule has 0 amide bonds. The third-order valence-electron chi connectivity index (χ3n) is 2.67. The van der Waals surface area contributed by atoms with Crippen LogP contribution in [0.5, 0.6) is 0 Å². The molecule has 1 atom stereocenters. The highest BCUT2D eigenvalue weighted by molar-refractivity contribution is 7.88. The van der Waals surface area contributed by atoms with Gasteiger partial charge in [-0.1, -0.05) is 25.5 Å². The number of nitrogens with one attached hydrogen (secondary N) is 1. The predicted octanol–water partition coefficient (Wildman–Crippen LogP) is 1.89. The van der Waals surface area contributed by atoms with E-state index in [9.17, 15) is 17.6 Å². The van der Waals surface area contributed by atoms with E-state index in [0.29, 0.717) is 18.4 Å². The van der Waals surface area contributed by atoms with Crippen molar-refractivity contribution in [1.29, 1.82) is 0 Å². The van der Waals surface area contributed by atoms with Gasteiger partial charge in [0.25, 0.3) is 0 Å². The van der Waals surface area contributed by atoms with Crippen LogP contribution in [0.3, 0.4) is 0 Å². The molecule has 0 fully saturated rings. The highest BCUT2D eigenvalue weighted by Gasteiger charge is 2.20. The van der Waals surface area contributed by atoms with E-state index < -0.39 is 27.9 Å². The van der Waals surface area contributed by atoms with E-state index in [1.807, 2.05) is 6.92 Å². The summed E-state index contributed by atoms with van der Waals surface area (Å²) < 4.78 is 39.0. The minimum absolute atomic E-state index is 0.253. The van der Waals surface area contributed by atoms with E-state index in [2.05, 4.69) is 4.72 Å². The van der Waals surface area contributed by atoms with Crippen LogP contribution < -0.4 is 4.72 Å². The highest BCUT2D eigenvalue weighted by atomic mass is 32.2. The molecule has 1 rings (SSSR count). The van der Waals surface area contributed by atoms with Crippen molar-refractivity contribution in [2.45, 2.75) is 38.0 Å². The molecule has 0 aromatic heterocycles. The molecule has 112 valence electrons. The summed E-state index contributed by atoms with van der Waals surface area (Å²) in [5, 5.41) is 8.75. The summed E-state index contributed by atoms with van der Waals surface area (Å²) >= 11 is 0. The third kappa shape index (κ3) is 6.12. The van der Waals surface area contributed by atoms with Crippen molar-refractivity contribution in [3.05, 3.63) is 35.6 Å². The van der Waals surface area contributed by atoms with Gasteiger partial charge >= 0.3 is 5.97 Å². The molecular weight excluding hydrogens is 285 g/mol. The van der Waals surface area contributed by atoms with Gasteiger partial charge in [-0.25, -0.2) is 17.5 Å². The average Bonchev–Trinajstić information content (AvgIpc) is 2.30. The molecule has 20 heavy (non-hydrogen) atoms. The molecule has 7 heteroatoms. The summed E-state index contributed by atoms with van der Waals surface area (Å²) in [4.78, 5) is 10.7.